The molecule has 1 fully saturated rings. The smallest absolute Gasteiger partial charge is 0.303 e. The highest BCUT2D eigenvalue weighted by atomic mass is 32.2. The van der Waals surface area contributed by atoms with Crippen LogP contribution < -0.4 is 0 Å². The van der Waals surface area contributed by atoms with Gasteiger partial charge < -0.3 is 23.7 Å². The second-order valence-electron chi connectivity index (χ2n) is 5.68. The highest BCUT2D eigenvalue weighted by molar-refractivity contribution is 8.14. The standard InChI is InChI=1S/C16H22O10S/c1-7(17)22-6-12-13(23-8(2)18)14(24-9(3)19)15(25-10(4)20)16(26-12)27-11(5)21/h12-16H,6H2,1-5H3/t12?,13-,14?,15?,16-/m0/s1. The van der Waals surface area contributed by atoms with Gasteiger partial charge in [-0.05, 0) is 0 Å². The van der Waals surface area contributed by atoms with Gasteiger partial charge in [0.05, 0.1) is 0 Å². The molecular weight excluding hydrogens is 384 g/mol. The lowest BCUT2D eigenvalue weighted by Crippen LogP contribution is -2.61. The van der Waals surface area contributed by atoms with Crippen LogP contribution in [0.25, 0.3) is 0 Å². The SMILES string of the molecule is CC(=O)OCC1O[C@@H](SC(C)=O)C(OC(C)=O)C(OC(C)=O)[C@H]1OC(C)=O. The summed E-state index contributed by atoms with van der Waals surface area (Å²) in [5.41, 5.74) is -1.07. The van der Waals surface area contributed by atoms with Crippen LogP contribution in [0.4, 0.5) is 0 Å². The first-order valence-corrected chi connectivity index (χ1v) is 8.87. The first kappa shape index (κ1) is 22.9. The molecule has 152 valence electrons. The van der Waals surface area contributed by atoms with Gasteiger partial charge in [0, 0.05) is 34.6 Å². The zero-order chi connectivity index (χ0) is 20.7. The van der Waals surface area contributed by atoms with E-state index < -0.39 is 53.7 Å². The summed E-state index contributed by atoms with van der Waals surface area (Å²) in [6.07, 6.45) is -4.76. The fourth-order valence-corrected chi connectivity index (χ4v) is 3.32. The van der Waals surface area contributed by atoms with Crippen molar-refractivity contribution in [2.24, 2.45) is 0 Å². The quantitative estimate of drug-likeness (QED) is 0.447. The Labute approximate surface area is 160 Å². The minimum Gasteiger partial charge on any atom is -0.463 e. The summed E-state index contributed by atoms with van der Waals surface area (Å²) in [6, 6.07) is 0. The maximum Gasteiger partial charge on any atom is 0.303 e. The average molecular weight is 406 g/mol. The van der Waals surface area contributed by atoms with Crippen LogP contribution in [0.1, 0.15) is 34.6 Å². The second kappa shape index (κ2) is 10.3. The maximum atomic E-state index is 11.6. The molecule has 0 aromatic rings. The van der Waals surface area contributed by atoms with E-state index in [0.29, 0.717) is 11.8 Å². The van der Waals surface area contributed by atoms with Crippen LogP contribution in [-0.2, 0) is 47.7 Å². The van der Waals surface area contributed by atoms with E-state index in [-0.39, 0.29) is 11.7 Å². The molecule has 0 spiro atoms. The number of carbonyl (C=O) groups is 5. The van der Waals surface area contributed by atoms with E-state index in [1.54, 1.807) is 0 Å². The van der Waals surface area contributed by atoms with E-state index in [4.69, 9.17) is 23.7 Å². The van der Waals surface area contributed by atoms with E-state index in [2.05, 4.69) is 0 Å². The van der Waals surface area contributed by atoms with Crippen LogP contribution in [0.2, 0.25) is 0 Å². The molecule has 0 N–H and O–H groups in total. The minimum atomic E-state index is -1.26. The van der Waals surface area contributed by atoms with Crippen molar-refractivity contribution >= 4 is 40.8 Å². The van der Waals surface area contributed by atoms with Crippen LogP contribution in [0, 0.1) is 0 Å². The lowest BCUT2D eigenvalue weighted by Gasteiger charge is -2.43. The first-order chi connectivity index (χ1) is 12.5. The lowest BCUT2D eigenvalue weighted by atomic mass is 9.99. The van der Waals surface area contributed by atoms with Crippen molar-refractivity contribution in [2.45, 2.75) is 64.5 Å². The van der Waals surface area contributed by atoms with Crippen LogP contribution >= 0.6 is 11.8 Å². The summed E-state index contributed by atoms with van der Waals surface area (Å²) in [6.45, 7) is 5.51. The molecule has 0 saturated carbocycles. The summed E-state index contributed by atoms with van der Waals surface area (Å²) in [5, 5.41) is -0.351. The van der Waals surface area contributed by atoms with Crippen molar-refractivity contribution in [2.75, 3.05) is 6.61 Å². The average Bonchev–Trinajstić information content (AvgIpc) is 2.49. The fraction of sp³-hybridized carbons (Fsp3) is 0.688. The number of hydrogen-bond donors (Lipinski definition) is 0. The number of rotatable bonds is 6. The molecule has 0 amide bonds. The predicted octanol–water partition coefficient (Wildman–Crippen LogP) is 0.349. The van der Waals surface area contributed by atoms with Gasteiger partial charge in [-0.15, -0.1) is 0 Å². The van der Waals surface area contributed by atoms with Gasteiger partial charge in [0.15, 0.2) is 28.9 Å². The number of carbonyl (C=O) groups excluding carboxylic acids is 5. The minimum absolute atomic E-state index is 0.327. The third-order valence-electron chi connectivity index (χ3n) is 3.23. The van der Waals surface area contributed by atoms with E-state index in [0.717, 1.165) is 20.8 Å². The van der Waals surface area contributed by atoms with Gasteiger partial charge in [-0.1, -0.05) is 11.8 Å². The third-order valence-corrected chi connectivity index (χ3v) is 4.17. The lowest BCUT2D eigenvalue weighted by molar-refractivity contribution is -0.237. The molecule has 0 radical (unpaired) electrons. The van der Waals surface area contributed by atoms with Crippen molar-refractivity contribution < 1.29 is 47.7 Å². The second-order valence-corrected chi connectivity index (χ2v) is 6.95. The van der Waals surface area contributed by atoms with Gasteiger partial charge in [0.25, 0.3) is 0 Å². The Hall–Kier alpha value is -2.14. The maximum absolute atomic E-state index is 11.6. The highest BCUT2D eigenvalue weighted by Gasteiger charge is 2.52. The van der Waals surface area contributed by atoms with Crippen LogP contribution in [-0.4, -0.2) is 65.5 Å². The van der Waals surface area contributed by atoms with Gasteiger partial charge in [0.2, 0.25) is 0 Å². The summed E-state index contributed by atoms with van der Waals surface area (Å²) >= 11 is 0.705. The normalized spacial score (nSPS) is 27.2. The molecule has 11 heteroatoms. The van der Waals surface area contributed by atoms with Gasteiger partial charge >= 0.3 is 23.9 Å². The van der Waals surface area contributed by atoms with Gasteiger partial charge in [-0.25, -0.2) is 0 Å². The molecule has 0 bridgehead atoms. The summed E-state index contributed by atoms with van der Waals surface area (Å²) in [4.78, 5) is 57.3. The van der Waals surface area contributed by atoms with Crippen molar-refractivity contribution in [1.82, 2.24) is 0 Å². The molecule has 27 heavy (non-hydrogen) atoms. The largest absolute Gasteiger partial charge is 0.463 e. The van der Waals surface area contributed by atoms with Gasteiger partial charge in [-0.2, -0.15) is 0 Å². The Balaban J connectivity index is 3.29. The zero-order valence-corrected chi connectivity index (χ0v) is 16.4. The summed E-state index contributed by atoms with van der Waals surface area (Å²) in [5.74, 6) is -2.76. The number of thioether (sulfide) groups is 1. The zero-order valence-electron chi connectivity index (χ0n) is 15.6. The molecule has 5 atom stereocenters. The highest BCUT2D eigenvalue weighted by Crippen LogP contribution is 2.34. The number of esters is 4. The molecule has 0 aromatic heterocycles. The summed E-state index contributed by atoms with van der Waals surface area (Å²) in [7, 11) is 0. The summed E-state index contributed by atoms with van der Waals surface area (Å²) < 4.78 is 26.2. The van der Waals surface area contributed by atoms with Gasteiger partial charge in [-0.3, -0.25) is 24.0 Å². The predicted molar refractivity (Wildman–Crippen MR) is 90.2 cm³/mol. The Bertz CT molecular complexity index is 604. The molecule has 1 rings (SSSR count). The molecule has 3 unspecified atom stereocenters. The molecule has 0 aromatic carbocycles. The Morgan fingerprint density at radius 3 is 1.67 bits per heavy atom. The molecule has 0 aliphatic carbocycles. The van der Waals surface area contributed by atoms with Crippen LogP contribution in [0.3, 0.4) is 0 Å². The van der Waals surface area contributed by atoms with Crippen molar-refractivity contribution in [3.8, 4) is 0 Å². The number of hydrogen-bond acceptors (Lipinski definition) is 11. The van der Waals surface area contributed by atoms with Gasteiger partial charge in [0.1, 0.15) is 12.7 Å². The van der Waals surface area contributed by atoms with Crippen molar-refractivity contribution in [3.05, 3.63) is 0 Å². The molecule has 10 nitrogen and oxygen atoms in total. The van der Waals surface area contributed by atoms with E-state index in [1.807, 2.05) is 0 Å². The van der Waals surface area contributed by atoms with E-state index >= 15 is 0 Å². The van der Waals surface area contributed by atoms with Crippen molar-refractivity contribution in [1.29, 1.82) is 0 Å². The molecule has 1 heterocycles. The van der Waals surface area contributed by atoms with E-state index in [1.165, 1.54) is 13.8 Å². The molecule has 1 aliphatic heterocycles. The Kier molecular flexibility index (Phi) is 8.70. The van der Waals surface area contributed by atoms with Crippen LogP contribution in [0.15, 0.2) is 0 Å². The topological polar surface area (TPSA) is 132 Å². The van der Waals surface area contributed by atoms with Crippen molar-refractivity contribution in [3.63, 3.8) is 0 Å². The first-order valence-electron chi connectivity index (χ1n) is 7.99. The Morgan fingerprint density at radius 2 is 1.22 bits per heavy atom. The Morgan fingerprint density at radius 1 is 0.741 bits per heavy atom. The van der Waals surface area contributed by atoms with E-state index in [9.17, 15) is 24.0 Å². The molecule has 1 aliphatic rings. The number of ether oxygens (including phenoxy) is 5. The molecule has 1 saturated heterocycles. The molecular formula is C16H22O10S. The fourth-order valence-electron chi connectivity index (χ4n) is 2.45. The van der Waals surface area contributed by atoms with Crippen LogP contribution in [0.5, 0.6) is 0 Å². The third kappa shape index (κ3) is 7.55. The monoisotopic (exact) mass is 406 g/mol.